The van der Waals surface area contributed by atoms with Gasteiger partial charge in [0.2, 0.25) is 11.7 Å². The molecule has 1 heterocycles. The molecule has 7 N–H and O–H groups in total. The quantitative estimate of drug-likeness (QED) is 0.254. The summed E-state index contributed by atoms with van der Waals surface area (Å²) in [5, 5.41) is 48.6. The molecule has 0 aromatic heterocycles. The predicted octanol–water partition coefficient (Wildman–Crippen LogP) is 1.72. The van der Waals surface area contributed by atoms with Gasteiger partial charge in [-0.3, -0.25) is 24.1 Å². The second kappa shape index (κ2) is 11.3. The number of nitrogens with one attached hydrogen (secondary N) is 1. The summed E-state index contributed by atoms with van der Waals surface area (Å²) in [4.78, 5) is 54.3. The number of likely N-dealkylation sites (N-methyl/N-ethyl adjacent to an activating group) is 1. The van der Waals surface area contributed by atoms with Crippen molar-refractivity contribution < 1.29 is 48.7 Å². The lowest BCUT2D eigenvalue weighted by atomic mass is 9.58. The molecule has 2 aromatic rings. The van der Waals surface area contributed by atoms with Crippen LogP contribution in [0.4, 0.5) is 4.39 Å². The number of ether oxygens (including phenoxy) is 1. The summed E-state index contributed by atoms with van der Waals surface area (Å²) >= 11 is 0. The maximum absolute atomic E-state index is 14.3. The topological polar surface area (TPSA) is 200 Å². The fourth-order valence-electron chi connectivity index (χ4n) is 7.48. The Morgan fingerprint density at radius 2 is 1.85 bits per heavy atom. The number of phenols is 1. The molecule has 46 heavy (non-hydrogen) atoms. The number of nitrogens with two attached hydrogens (primary N) is 1. The number of aliphatic hydroxyl groups excluding tert-OH is 2. The number of carbonyl (C=O) groups excluding carboxylic acids is 4. The van der Waals surface area contributed by atoms with E-state index in [9.17, 15) is 44.0 Å². The van der Waals surface area contributed by atoms with Crippen molar-refractivity contribution in [3.8, 4) is 16.9 Å². The molecule has 1 fully saturated rings. The van der Waals surface area contributed by atoms with Crippen molar-refractivity contribution in [1.82, 2.24) is 10.2 Å². The van der Waals surface area contributed by atoms with Crippen LogP contribution in [-0.2, 0) is 32.1 Å². The average molecular weight is 636 g/mol. The molecule has 2 amide bonds. The van der Waals surface area contributed by atoms with Gasteiger partial charge in [0.05, 0.1) is 11.6 Å². The Morgan fingerprint density at radius 3 is 2.46 bits per heavy atom. The highest BCUT2D eigenvalue weighted by Gasteiger charge is 2.63. The van der Waals surface area contributed by atoms with Crippen LogP contribution < -0.4 is 11.1 Å². The van der Waals surface area contributed by atoms with Crippen molar-refractivity contribution in [2.24, 2.45) is 17.6 Å². The van der Waals surface area contributed by atoms with Gasteiger partial charge in [0.15, 0.2) is 11.4 Å². The van der Waals surface area contributed by atoms with Crippen LogP contribution in [0.5, 0.6) is 5.75 Å². The number of allylic oxidation sites excluding steroid dienone is 1. The molecule has 1 aliphatic heterocycles. The van der Waals surface area contributed by atoms with Gasteiger partial charge in [-0.25, -0.2) is 4.39 Å². The second-order valence-corrected chi connectivity index (χ2v) is 12.5. The number of aliphatic hydroxyl groups is 3. The number of benzene rings is 2. The molecule has 12 nitrogen and oxygen atoms in total. The molecular formula is C33H34FN3O9. The van der Waals surface area contributed by atoms with E-state index < -0.39 is 81.6 Å². The van der Waals surface area contributed by atoms with E-state index in [1.807, 2.05) is 0 Å². The zero-order chi connectivity index (χ0) is 33.2. The number of nitrogens with zero attached hydrogens (tertiary/aromatic N) is 1. The molecule has 0 bridgehead atoms. The lowest BCUT2D eigenvalue weighted by Crippen LogP contribution is -2.63. The Bertz CT molecular complexity index is 1740. The van der Waals surface area contributed by atoms with Gasteiger partial charge < -0.3 is 36.2 Å². The van der Waals surface area contributed by atoms with Crippen molar-refractivity contribution in [3.63, 3.8) is 0 Å². The zero-order valence-electron chi connectivity index (χ0n) is 25.2. The zero-order valence-corrected chi connectivity index (χ0v) is 25.2. The first kappa shape index (κ1) is 31.4. The summed E-state index contributed by atoms with van der Waals surface area (Å²) in [5.41, 5.74) is 2.77. The number of aromatic hydroxyl groups is 1. The number of Topliss-reactive ketones (excluding diaryl/α,β-unsaturated/α-hetero) is 2. The third-order valence-electron chi connectivity index (χ3n) is 9.63. The molecule has 13 heteroatoms. The van der Waals surface area contributed by atoms with Crippen molar-refractivity contribution in [1.29, 1.82) is 0 Å². The SMILES string of the molecule is CN(C)C1C(O)=C(C(N)=O)C(=O)C2(O)C(O)=C3C(=O)c4c(O)c(CNC(=O)C5CCCO5)cc(-c5ccc(F)cc5)c4CC3CC12. The Kier molecular flexibility index (Phi) is 7.74. The number of halogens is 1. The van der Waals surface area contributed by atoms with Crippen LogP contribution in [0, 0.1) is 17.7 Å². The van der Waals surface area contributed by atoms with Gasteiger partial charge in [-0.15, -0.1) is 0 Å². The van der Waals surface area contributed by atoms with Gasteiger partial charge >= 0.3 is 0 Å². The minimum Gasteiger partial charge on any atom is -0.510 e. The van der Waals surface area contributed by atoms with Crippen LogP contribution in [0.1, 0.15) is 40.7 Å². The Balaban J connectivity index is 1.50. The maximum Gasteiger partial charge on any atom is 0.255 e. The van der Waals surface area contributed by atoms with E-state index in [4.69, 9.17) is 10.5 Å². The van der Waals surface area contributed by atoms with E-state index in [1.165, 1.54) is 29.2 Å². The molecule has 0 saturated carbocycles. The van der Waals surface area contributed by atoms with Gasteiger partial charge in [0.25, 0.3) is 5.91 Å². The number of phenolic OH excluding ortho intramolecular Hbond substituents is 1. The molecule has 0 radical (unpaired) electrons. The van der Waals surface area contributed by atoms with Gasteiger partial charge in [-0.1, -0.05) is 12.1 Å². The molecule has 1 saturated heterocycles. The summed E-state index contributed by atoms with van der Waals surface area (Å²) in [5.74, 6) is -8.44. The van der Waals surface area contributed by atoms with Crippen molar-refractivity contribution >= 4 is 23.4 Å². The summed E-state index contributed by atoms with van der Waals surface area (Å²) in [6.45, 7) is 0.265. The molecule has 2 aromatic carbocycles. The fraction of sp³-hybridized carbons (Fsp3) is 0.394. The van der Waals surface area contributed by atoms with E-state index in [2.05, 4.69) is 5.32 Å². The van der Waals surface area contributed by atoms with E-state index in [1.54, 1.807) is 20.2 Å². The second-order valence-electron chi connectivity index (χ2n) is 12.5. The van der Waals surface area contributed by atoms with Gasteiger partial charge in [-0.2, -0.15) is 0 Å². The highest BCUT2D eigenvalue weighted by molar-refractivity contribution is 6.25. The lowest BCUT2D eigenvalue weighted by molar-refractivity contribution is -0.148. The number of primary amides is 1. The largest absolute Gasteiger partial charge is 0.510 e. The molecule has 4 aliphatic rings. The van der Waals surface area contributed by atoms with E-state index >= 15 is 0 Å². The fourth-order valence-corrected chi connectivity index (χ4v) is 7.48. The minimum atomic E-state index is -2.77. The summed E-state index contributed by atoms with van der Waals surface area (Å²) in [6.07, 6.45) is 0.602. The first-order valence-electron chi connectivity index (χ1n) is 14.9. The molecule has 5 atom stereocenters. The van der Waals surface area contributed by atoms with E-state index in [-0.39, 0.29) is 36.1 Å². The molecule has 5 unspecified atom stereocenters. The normalized spacial score (nSPS) is 27.4. The molecule has 3 aliphatic carbocycles. The van der Waals surface area contributed by atoms with Crippen LogP contribution in [0.15, 0.2) is 53.0 Å². The number of hydrogen-bond donors (Lipinski definition) is 6. The highest BCUT2D eigenvalue weighted by atomic mass is 19.1. The smallest absolute Gasteiger partial charge is 0.255 e. The van der Waals surface area contributed by atoms with E-state index in [0.717, 1.165) is 6.42 Å². The van der Waals surface area contributed by atoms with Crippen LogP contribution in [0.2, 0.25) is 0 Å². The third-order valence-corrected chi connectivity index (χ3v) is 9.63. The van der Waals surface area contributed by atoms with Crippen LogP contribution >= 0.6 is 0 Å². The van der Waals surface area contributed by atoms with Crippen molar-refractivity contribution in [2.45, 2.75) is 50.0 Å². The van der Waals surface area contributed by atoms with Crippen LogP contribution in [0.25, 0.3) is 11.1 Å². The minimum absolute atomic E-state index is 0.0529. The molecular weight excluding hydrogens is 601 g/mol. The number of rotatable bonds is 6. The average Bonchev–Trinajstić information content (AvgIpc) is 3.54. The number of fused-ring (bicyclic) bond motifs is 3. The van der Waals surface area contributed by atoms with Gasteiger partial charge in [-0.05, 0) is 80.6 Å². The maximum atomic E-state index is 14.3. The monoisotopic (exact) mass is 635 g/mol. The van der Waals surface area contributed by atoms with Crippen molar-refractivity contribution in [3.05, 3.63) is 75.5 Å². The number of hydrogen-bond acceptors (Lipinski definition) is 10. The Morgan fingerprint density at radius 1 is 1.15 bits per heavy atom. The third kappa shape index (κ3) is 4.68. The molecule has 0 spiro atoms. The lowest BCUT2D eigenvalue weighted by Gasteiger charge is -2.50. The first-order valence-corrected chi connectivity index (χ1v) is 14.9. The predicted molar refractivity (Wildman–Crippen MR) is 160 cm³/mol. The Hall–Kier alpha value is -4.59. The number of amides is 2. The van der Waals surface area contributed by atoms with Gasteiger partial charge in [0, 0.05) is 30.2 Å². The summed E-state index contributed by atoms with van der Waals surface area (Å²) in [7, 11) is 3.11. The van der Waals surface area contributed by atoms with E-state index in [0.29, 0.717) is 29.7 Å². The molecule has 6 rings (SSSR count). The standard InChI is InChI=1S/C33H34FN3O9/c1-37(2)25-20-12-15-10-19-18(14-5-7-17(34)8-6-14)11-16(13-36-32(44)21-4-3-9-46-21)26(38)23(19)27(39)22(15)29(41)33(20,45)30(42)24(28(25)40)31(35)43/h5-8,11,15,20-21,25,38,40-41,45H,3-4,9-10,12-13H2,1-2H3,(H2,35,43)(H,36,44). The van der Waals surface area contributed by atoms with Crippen LogP contribution in [-0.4, -0.2) is 87.2 Å². The first-order chi connectivity index (χ1) is 21.8. The summed E-state index contributed by atoms with van der Waals surface area (Å²) < 4.78 is 19.3. The number of carbonyl (C=O) groups is 4. The summed E-state index contributed by atoms with van der Waals surface area (Å²) in [6, 6.07) is 6.01. The molecule has 242 valence electrons. The van der Waals surface area contributed by atoms with Crippen LogP contribution in [0.3, 0.4) is 0 Å². The van der Waals surface area contributed by atoms with Crippen molar-refractivity contribution in [2.75, 3.05) is 20.7 Å². The highest BCUT2D eigenvalue weighted by Crippen LogP contribution is 2.53. The Labute approximate surface area is 263 Å². The van der Waals surface area contributed by atoms with Gasteiger partial charge in [0.1, 0.15) is 34.8 Å². The number of ketones is 2.